The quantitative estimate of drug-likeness (QED) is 0.461. The van der Waals surface area contributed by atoms with Crippen molar-refractivity contribution in [2.75, 3.05) is 6.61 Å². The van der Waals surface area contributed by atoms with E-state index in [-0.39, 0.29) is 18.7 Å². The molecule has 0 spiro atoms. The zero-order valence-corrected chi connectivity index (χ0v) is 13.8. The van der Waals surface area contributed by atoms with Crippen LogP contribution < -0.4 is 11.2 Å². The Bertz CT molecular complexity index is 1120. The Hall–Kier alpha value is -3.22. The third-order valence-corrected chi connectivity index (χ3v) is 4.22. The van der Waals surface area contributed by atoms with E-state index >= 15 is 0 Å². The minimum Gasteiger partial charge on any atom is -0.394 e. The maximum atomic E-state index is 12.1. The third kappa shape index (κ3) is 3.28. The summed E-state index contributed by atoms with van der Waals surface area (Å²) >= 11 is 0. The van der Waals surface area contributed by atoms with Crippen LogP contribution in [0.2, 0.25) is 0 Å². The Kier molecular flexibility index (Phi) is 4.35. The minimum absolute atomic E-state index is 0.0938. The van der Waals surface area contributed by atoms with E-state index in [0.29, 0.717) is 16.7 Å². The van der Waals surface area contributed by atoms with Gasteiger partial charge in [0.2, 0.25) is 0 Å². The van der Waals surface area contributed by atoms with Crippen LogP contribution in [0.3, 0.4) is 0 Å². The van der Waals surface area contributed by atoms with Crippen LogP contribution >= 0.6 is 0 Å². The van der Waals surface area contributed by atoms with Crippen LogP contribution in [0.5, 0.6) is 0 Å². The van der Waals surface area contributed by atoms with E-state index in [4.69, 9.17) is 9.84 Å². The molecule has 3 heterocycles. The molecule has 1 aliphatic rings. The Balaban J connectivity index is 1.65. The summed E-state index contributed by atoms with van der Waals surface area (Å²) in [6.45, 7) is -0.382. The van der Waals surface area contributed by atoms with Crippen LogP contribution in [0, 0.1) is 0 Å². The number of hydrogen-bond donors (Lipinski definition) is 4. The smallest absolute Gasteiger partial charge is 0.330 e. The van der Waals surface area contributed by atoms with Crippen molar-refractivity contribution in [2.24, 2.45) is 10.2 Å². The molecule has 3 unspecified atom stereocenters. The summed E-state index contributed by atoms with van der Waals surface area (Å²) in [5.74, 6) is 0. The highest BCUT2D eigenvalue weighted by atomic mass is 16.5. The molecule has 12 heteroatoms. The summed E-state index contributed by atoms with van der Waals surface area (Å²) in [7, 11) is 0. The van der Waals surface area contributed by atoms with E-state index < -0.39 is 29.7 Å². The second-order valence-corrected chi connectivity index (χ2v) is 5.99. The van der Waals surface area contributed by atoms with E-state index in [0.717, 1.165) is 4.57 Å². The first-order valence-electron chi connectivity index (χ1n) is 8.07. The molecule has 0 amide bonds. The van der Waals surface area contributed by atoms with Crippen LogP contribution in [0.25, 0.3) is 11.0 Å². The summed E-state index contributed by atoms with van der Waals surface area (Å²) in [5, 5.41) is 37.2. The maximum Gasteiger partial charge on any atom is 0.330 e. The lowest BCUT2D eigenvalue weighted by Gasteiger charge is -2.14. The molecule has 0 bridgehead atoms. The number of hydrogen-bond acceptors (Lipinski definition) is 9. The van der Waals surface area contributed by atoms with Gasteiger partial charge >= 0.3 is 5.69 Å². The molecule has 3 atom stereocenters. The van der Waals surface area contributed by atoms with Gasteiger partial charge in [-0.1, -0.05) is 0 Å². The van der Waals surface area contributed by atoms with Gasteiger partial charge in [-0.15, -0.1) is 5.11 Å². The average Bonchev–Trinajstić information content (AvgIpc) is 3.26. The summed E-state index contributed by atoms with van der Waals surface area (Å²) in [6, 6.07) is 4.98. The topological polar surface area (TPSA) is 171 Å². The molecule has 0 aliphatic carbocycles. The molecule has 4 N–H and O–H groups in total. The van der Waals surface area contributed by atoms with Crippen molar-refractivity contribution in [1.82, 2.24) is 25.0 Å². The van der Waals surface area contributed by atoms with Crippen molar-refractivity contribution < 1.29 is 14.9 Å². The zero-order chi connectivity index (χ0) is 19.0. The molecule has 4 rings (SSSR count). The van der Waals surface area contributed by atoms with Crippen molar-refractivity contribution >= 4 is 22.4 Å². The van der Waals surface area contributed by atoms with Crippen LogP contribution in [0.15, 0.2) is 44.2 Å². The minimum atomic E-state index is -0.918. The van der Waals surface area contributed by atoms with Crippen LogP contribution in [0.1, 0.15) is 12.6 Å². The van der Waals surface area contributed by atoms with Crippen molar-refractivity contribution in [1.29, 1.82) is 0 Å². The molecular weight excluding hydrogens is 358 g/mol. The van der Waals surface area contributed by atoms with Crippen molar-refractivity contribution in [3.63, 3.8) is 0 Å². The van der Waals surface area contributed by atoms with E-state index in [2.05, 4.69) is 30.6 Å². The standard InChI is InChI=1S/C15H15N7O5/c23-6-12-11(24)4-13(27-12)22-5-10(14(25)16-15(22)26)18-17-7-1-2-8-9(3-7)20-21-19-8/h1-3,5,11-13,23-24H,4,6H2,(H,16,25,26)(H,19,20,21). The number of nitrogens with one attached hydrogen (secondary N) is 2. The second-order valence-electron chi connectivity index (χ2n) is 5.99. The van der Waals surface area contributed by atoms with Gasteiger partial charge in [0.25, 0.3) is 5.56 Å². The normalized spacial score (nSPS) is 22.8. The van der Waals surface area contributed by atoms with Gasteiger partial charge in [-0.25, -0.2) is 4.79 Å². The zero-order valence-electron chi connectivity index (χ0n) is 13.8. The highest BCUT2D eigenvalue weighted by Gasteiger charge is 2.35. The number of rotatable bonds is 4. The van der Waals surface area contributed by atoms with E-state index in [1.807, 2.05) is 0 Å². The van der Waals surface area contributed by atoms with Gasteiger partial charge in [0, 0.05) is 12.6 Å². The SMILES string of the molecule is O=c1[nH]c(=O)n(C2CC(O)C(CO)O2)cc1N=Nc1ccc2n[nH]nc2c1. The van der Waals surface area contributed by atoms with Gasteiger partial charge in [0.1, 0.15) is 23.4 Å². The van der Waals surface area contributed by atoms with Gasteiger partial charge in [-0.3, -0.25) is 14.3 Å². The molecule has 1 fully saturated rings. The molecule has 3 aromatic rings. The summed E-state index contributed by atoms with van der Waals surface area (Å²) in [5.41, 5.74) is 0.171. The number of aromatic amines is 2. The average molecular weight is 373 g/mol. The molecule has 140 valence electrons. The number of fused-ring (bicyclic) bond motifs is 1. The fourth-order valence-corrected chi connectivity index (χ4v) is 2.81. The first-order chi connectivity index (χ1) is 13.0. The van der Waals surface area contributed by atoms with Crippen LogP contribution in [-0.2, 0) is 4.74 Å². The molecule has 0 saturated carbocycles. The summed E-state index contributed by atoms with van der Waals surface area (Å²) in [4.78, 5) is 26.2. The molecular formula is C15H15N7O5. The van der Waals surface area contributed by atoms with E-state index in [1.165, 1.54) is 6.20 Å². The predicted octanol–water partition coefficient (Wildman–Crippen LogP) is -0.136. The largest absolute Gasteiger partial charge is 0.394 e. The molecule has 0 radical (unpaired) electrons. The lowest BCUT2D eigenvalue weighted by atomic mass is 10.2. The summed E-state index contributed by atoms with van der Waals surface area (Å²) < 4.78 is 6.54. The second kappa shape index (κ2) is 6.83. The number of ether oxygens (including phenoxy) is 1. The Morgan fingerprint density at radius 2 is 2.07 bits per heavy atom. The Morgan fingerprint density at radius 3 is 2.85 bits per heavy atom. The molecule has 27 heavy (non-hydrogen) atoms. The molecule has 1 saturated heterocycles. The fourth-order valence-electron chi connectivity index (χ4n) is 2.81. The number of nitrogens with zero attached hydrogens (tertiary/aromatic N) is 5. The lowest BCUT2D eigenvalue weighted by molar-refractivity contribution is -0.0458. The predicted molar refractivity (Wildman–Crippen MR) is 91.0 cm³/mol. The first kappa shape index (κ1) is 17.2. The van der Waals surface area contributed by atoms with Crippen molar-refractivity contribution in [3.05, 3.63) is 45.2 Å². The van der Waals surface area contributed by atoms with Crippen molar-refractivity contribution in [2.45, 2.75) is 24.9 Å². The number of aliphatic hydroxyl groups is 2. The van der Waals surface area contributed by atoms with Crippen molar-refractivity contribution in [3.8, 4) is 0 Å². The molecule has 1 aromatic carbocycles. The van der Waals surface area contributed by atoms with E-state index in [9.17, 15) is 14.7 Å². The number of aromatic nitrogens is 5. The number of aliphatic hydroxyl groups excluding tert-OH is 2. The van der Waals surface area contributed by atoms with E-state index in [1.54, 1.807) is 18.2 Å². The Morgan fingerprint density at radius 1 is 1.26 bits per heavy atom. The van der Waals surface area contributed by atoms with Crippen LogP contribution in [-0.4, -0.2) is 54.0 Å². The third-order valence-electron chi connectivity index (χ3n) is 4.22. The first-order valence-corrected chi connectivity index (χ1v) is 8.07. The van der Waals surface area contributed by atoms with Gasteiger partial charge in [-0.05, 0) is 18.2 Å². The fraction of sp³-hybridized carbons (Fsp3) is 0.333. The number of H-pyrrole nitrogens is 2. The lowest BCUT2D eigenvalue weighted by Crippen LogP contribution is -2.32. The molecule has 2 aromatic heterocycles. The van der Waals surface area contributed by atoms with Gasteiger partial charge < -0.3 is 14.9 Å². The highest BCUT2D eigenvalue weighted by Crippen LogP contribution is 2.28. The van der Waals surface area contributed by atoms with Gasteiger partial charge in [0.05, 0.1) is 18.4 Å². The molecule has 1 aliphatic heterocycles. The number of azo groups is 1. The monoisotopic (exact) mass is 373 g/mol. The maximum absolute atomic E-state index is 12.1. The Labute approximate surface area is 150 Å². The molecule has 12 nitrogen and oxygen atoms in total. The van der Waals surface area contributed by atoms with Gasteiger partial charge in [0.15, 0.2) is 5.69 Å². The summed E-state index contributed by atoms with van der Waals surface area (Å²) in [6.07, 6.45) is -1.25. The highest BCUT2D eigenvalue weighted by molar-refractivity contribution is 5.76. The number of benzene rings is 1. The van der Waals surface area contributed by atoms with Crippen LogP contribution in [0.4, 0.5) is 11.4 Å². The van der Waals surface area contributed by atoms with Gasteiger partial charge in [-0.2, -0.15) is 20.5 Å².